The minimum atomic E-state index is -5.79. The Bertz CT molecular complexity index is 2830. The van der Waals surface area contributed by atoms with Crippen molar-refractivity contribution in [3.05, 3.63) is 203 Å². The number of halogens is 6. The molecule has 0 amide bonds. The van der Waals surface area contributed by atoms with Crippen LogP contribution in [0.3, 0.4) is 0 Å². The first-order valence-corrected chi connectivity index (χ1v) is 22.1. The van der Waals surface area contributed by atoms with Gasteiger partial charge >= 0.3 is 17.8 Å². The molecule has 0 saturated carbocycles. The zero-order valence-corrected chi connectivity index (χ0v) is 36.5. The van der Waals surface area contributed by atoms with E-state index in [0.717, 1.165) is 44.9 Å². The van der Waals surface area contributed by atoms with E-state index in [2.05, 4.69) is 0 Å². The summed E-state index contributed by atoms with van der Waals surface area (Å²) in [6.07, 6.45) is 7.75. The van der Waals surface area contributed by atoms with Gasteiger partial charge in [0, 0.05) is 41.8 Å². The van der Waals surface area contributed by atoms with Crippen LogP contribution in [0, 0.1) is 0 Å². The number of methoxy groups -OCH3 is 2. The highest BCUT2D eigenvalue weighted by Gasteiger charge is 2.80. The average molecular weight is 909 g/mol. The molecule has 6 aromatic carbocycles. The summed E-state index contributed by atoms with van der Waals surface area (Å²) >= 11 is 2.12. The van der Waals surface area contributed by atoms with Gasteiger partial charge in [0.2, 0.25) is 0 Å². The lowest BCUT2D eigenvalue weighted by Crippen LogP contribution is -2.48. The summed E-state index contributed by atoms with van der Waals surface area (Å²) in [4.78, 5) is 1.09. The molecule has 0 saturated heterocycles. The monoisotopic (exact) mass is 908 g/mol. The van der Waals surface area contributed by atoms with Crippen LogP contribution in [0.15, 0.2) is 170 Å². The molecule has 0 spiro atoms. The number of thiophene rings is 2. The summed E-state index contributed by atoms with van der Waals surface area (Å²) in [5.74, 6) is -15.5. The molecule has 65 heavy (non-hydrogen) atoms. The molecule has 9 rings (SSSR count). The van der Waals surface area contributed by atoms with Crippen molar-refractivity contribution in [3.8, 4) is 53.3 Å². The Labute approximate surface area is 380 Å². The minimum Gasteiger partial charge on any atom is -0.497 e. The summed E-state index contributed by atoms with van der Waals surface area (Å²) in [5.41, 5.74) is 1.93. The first-order chi connectivity index (χ1) is 31.4. The van der Waals surface area contributed by atoms with E-state index >= 15 is 26.3 Å². The van der Waals surface area contributed by atoms with E-state index in [1.807, 2.05) is 109 Å². The van der Waals surface area contributed by atoms with Crippen LogP contribution in [0.5, 0.6) is 11.5 Å². The third-order valence-corrected chi connectivity index (χ3v) is 13.8. The third-order valence-electron chi connectivity index (χ3n) is 11.3. The fourth-order valence-corrected chi connectivity index (χ4v) is 10.2. The van der Waals surface area contributed by atoms with Crippen LogP contribution >= 0.6 is 22.7 Å². The van der Waals surface area contributed by atoms with Crippen LogP contribution in [0.1, 0.15) is 33.4 Å². The van der Waals surface area contributed by atoms with E-state index in [-0.39, 0.29) is 9.75 Å². The number of alkyl halides is 6. The molecule has 2 aromatic heterocycles. The predicted octanol–water partition coefficient (Wildman–Crippen LogP) is 16.7. The molecule has 10 heteroatoms. The molecule has 1 aliphatic carbocycles. The summed E-state index contributed by atoms with van der Waals surface area (Å²) in [6.45, 7) is 0. The maximum Gasteiger partial charge on any atom is 0.380 e. The molecule has 0 atom stereocenters. The van der Waals surface area contributed by atoms with Gasteiger partial charge in [-0.25, -0.2) is 0 Å². The number of ether oxygens (including phenoxy) is 2. The van der Waals surface area contributed by atoms with Crippen LogP contribution in [0.25, 0.3) is 77.2 Å². The van der Waals surface area contributed by atoms with Crippen molar-refractivity contribution in [1.29, 1.82) is 0 Å². The van der Waals surface area contributed by atoms with Gasteiger partial charge in [-0.3, -0.25) is 0 Å². The standard InChI is InChI=1S/C55H38F6O2S2/c1-62-43-29-25-41(26-30-43)51-45(33-47(64-51)39-21-17-37(18-22-39)15-13-35-9-5-3-6-10-35)49-50(54(58,59)55(60,61)53(49,56)57)46-34-48(65-52(46)42-27-31-44(63-2)32-28-42)40-23-19-38(20-24-40)16-14-36-11-7-4-8-12-36/h3-34H,1-2H3. The van der Waals surface area contributed by atoms with Crippen LogP contribution in [-0.4, -0.2) is 32.0 Å². The molecule has 2 heterocycles. The van der Waals surface area contributed by atoms with E-state index < -0.39 is 40.0 Å². The summed E-state index contributed by atoms with van der Waals surface area (Å²) in [7, 11) is 2.94. The van der Waals surface area contributed by atoms with Gasteiger partial charge < -0.3 is 9.47 Å². The van der Waals surface area contributed by atoms with Gasteiger partial charge in [-0.1, -0.05) is 133 Å². The molecule has 0 bridgehead atoms. The van der Waals surface area contributed by atoms with Gasteiger partial charge in [-0.05, 0) is 105 Å². The van der Waals surface area contributed by atoms with E-state index in [9.17, 15) is 0 Å². The molecule has 0 radical (unpaired) electrons. The van der Waals surface area contributed by atoms with E-state index in [1.54, 1.807) is 72.8 Å². The molecular weight excluding hydrogens is 871 g/mol. The Morgan fingerprint density at radius 2 is 0.692 bits per heavy atom. The minimum absolute atomic E-state index is 0.122. The van der Waals surface area contributed by atoms with Gasteiger partial charge in [-0.15, -0.1) is 22.7 Å². The van der Waals surface area contributed by atoms with Crippen molar-refractivity contribution in [1.82, 2.24) is 0 Å². The van der Waals surface area contributed by atoms with Crippen LogP contribution in [0.4, 0.5) is 26.3 Å². The lowest BCUT2D eigenvalue weighted by Gasteiger charge is -2.26. The highest BCUT2D eigenvalue weighted by atomic mass is 32.1. The van der Waals surface area contributed by atoms with Gasteiger partial charge in [-0.2, -0.15) is 26.3 Å². The number of hydrogen-bond acceptors (Lipinski definition) is 4. The average Bonchev–Trinajstić information content (AvgIpc) is 4.00. The molecule has 0 unspecified atom stereocenters. The van der Waals surface area contributed by atoms with E-state index in [4.69, 9.17) is 9.47 Å². The fraction of sp³-hybridized carbons (Fsp3) is 0.0909. The number of allylic oxidation sites excluding steroid dienone is 2. The second-order valence-electron chi connectivity index (χ2n) is 15.4. The zero-order chi connectivity index (χ0) is 45.3. The van der Waals surface area contributed by atoms with E-state index in [1.165, 1.54) is 26.4 Å². The molecule has 8 aromatic rings. The summed E-state index contributed by atoms with van der Waals surface area (Å²) in [5, 5.41) is 0. The van der Waals surface area contributed by atoms with Gasteiger partial charge in [0.1, 0.15) is 11.5 Å². The topological polar surface area (TPSA) is 18.5 Å². The lowest BCUT2D eigenvalue weighted by atomic mass is 9.91. The molecule has 0 fully saturated rings. The SMILES string of the molecule is COc1ccc(-c2sc(-c3ccc(C=Cc4ccccc4)cc3)cc2C2=C(c3cc(-c4ccc(C=Cc5ccccc5)cc4)sc3-c3ccc(OC)cc3)C(F)(F)C(F)(F)C2(F)F)cc1. The fourth-order valence-electron chi connectivity index (χ4n) is 7.81. The summed E-state index contributed by atoms with van der Waals surface area (Å²) < 4.78 is 111. The molecule has 0 aliphatic heterocycles. The molecule has 1 aliphatic rings. The predicted molar refractivity (Wildman–Crippen MR) is 256 cm³/mol. The van der Waals surface area contributed by atoms with Crippen molar-refractivity contribution in [2.75, 3.05) is 14.2 Å². The smallest absolute Gasteiger partial charge is 0.380 e. The Morgan fingerprint density at radius 3 is 1.02 bits per heavy atom. The first-order valence-electron chi connectivity index (χ1n) is 20.5. The highest BCUT2D eigenvalue weighted by Crippen LogP contribution is 2.67. The molecule has 324 valence electrons. The maximum absolute atomic E-state index is 16.9. The van der Waals surface area contributed by atoms with Gasteiger partial charge in [0.05, 0.1) is 14.2 Å². The Kier molecular flexibility index (Phi) is 11.7. The van der Waals surface area contributed by atoms with Crippen molar-refractivity contribution < 1.29 is 35.8 Å². The Balaban J connectivity index is 1.23. The van der Waals surface area contributed by atoms with Crippen molar-refractivity contribution in [2.45, 2.75) is 17.8 Å². The normalized spacial score (nSPS) is 15.3. The van der Waals surface area contributed by atoms with Crippen LogP contribution in [-0.2, 0) is 0 Å². The molecular formula is C55H38F6O2S2. The largest absolute Gasteiger partial charge is 0.497 e. The van der Waals surface area contributed by atoms with Crippen molar-refractivity contribution >= 4 is 58.1 Å². The van der Waals surface area contributed by atoms with Crippen LogP contribution in [0.2, 0.25) is 0 Å². The number of benzene rings is 6. The van der Waals surface area contributed by atoms with Gasteiger partial charge in [0.25, 0.3) is 0 Å². The second kappa shape index (κ2) is 17.6. The molecule has 2 nitrogen and oxygen atoms in total. The highest BCUT2D eigenvalue weighted by molar-refractivity contribution is 7.19. The molecule has 0 N–H and O–H groups in total. The lowest BCUT2D eigenvalue weighted by molar-refractivity contribution is -0.254. The van der Waals surface area contributed by atoms with Crippen molar-refractivity contribution in [2.24, 2.45) is 0 Å². The van der Waals surface area contributed by atoms with E-state index in [0.29, 0.717) is 43.5 Å². The van der Waals surface area contributed by atoms with Crippen molar-refractivity contribution in [3.63, 3.8) is 0 Å². The van der Waals surface area contributed by atoms with Gasteiger partial charge in [0.15, 0.2) is 0 Å². The quantitative estimate of drug-likeness (QED) is 0.0898. The maximum atomic E-state index is 16.9. The first kappa shape index (κ1) is 43.4. The Morgan fingerprint density at radius 1 is 0.385 bits per heavy atom. The summed E-state index contributed by atoms with van der Waals surface area (Å²) in [6, 6.07) is 49.5. The number of rotatable bonds is 12. The third kappa shape index (κ3) is 8.24. The van der Waals surface area contributed by atoms with Crippen LogP contribution < -0.4 is 9.47 Å². The Hall–Kier alpha value is -6.88. The zero-order valence-electron chi connectivity index (χ0n) is 34.9. The second-order valence-corrected chi connectivity index (χ2v) is 17.5. The number of hydrogen-bond donors (Lipinski definition) is 0.